The van der Waals surface area contributed by atoms with E-state index >= 15 is 0 Å². The van der Waals surface area contributed by atoms with Crippen LogP contribution in [0.3, 0.4) is 0 Å². The van der Waals surface area contributed by atoms with Crippen molar-refractivity contribution in [3.8, 4) is 0 Å². The number of hydrogen-bond acceptors (Lipinski definition) is 2. The fourth-order valence-electron chi connectivity index (χ4n) is 3.67. The Hall–Kier alpha value is -1.81. The molecule has 1 aliphatic heterocycles. The van der Waals surface area contributed by atoms with Gasteiger partial charge in [0.15, 0.2) is 0 Å². The van der Waals surface area contributed by atoms with Gasteiger partial charge in [-0.05, 0) is 37.9 Å². The molecule has 0 saturated carbocycles. The van der Waals surface area contributed by atoms with Crippen LogP contribution in [0.25, 0.3) is 10.9 Å². The number of para-hydroxylation sites is 1. The predicted molar refractivity (Wildman–Crippen MR) is 88.4 cm³/mol. The molecule has 3 rings (SSSR count). The summed E-state index contributed by atoms with van der Waals surface area (Å²) in [7, 11) is 0. The molecule has 4 nitrogen and oxygen atoms in total. The van der Waals surface area contributed by atoms with Gasteiger partial charge in [-0.1, -0.05) is 38.0 Å². The fraction of sp³-hybridized carbons (Fsp3) is 0.500. The van der Waals surface area contributed by atoms with Crippen molar-refractivity contribution in [3.05, 3.63) is 36.0 Å². The second-order valence-corrected chi connectivity index (χ2v) is 6.23. The maximum absolute atomic E-state index is 11.6. The van der Waals surface area contributed by atoms with E-state index in [1.54, 1.807) is 0 Å². The second kappa shape index (κ2) is 6.53. The number of fused-ring (bicyclic) bond motifs is 1. The minimum absolute atomic E-state index is 0.382. The van der Waals surface area contributed by atoms with Gasteiger partial charge in [-0.25, -0.2) is 4.79 Å². The van der Waals surface area contributed by atoms with Crippen LogP contribution in [0, 0.1) is 5.92 Å². The van der Waals surface area contributed by atoms with E-state index in [0.717, 1.165) is 30.4 Å². The van der Waals surface area contributed by atoms with E-state index in [1.165, 1.54) is 19.3 Å². The first-order valence-corrected chi connectivity index (χ1v) is 8.26. The van der Waals surface area contributed by atoms with Gasteiger partial charge in [0.25, 0.3) is 0 Å². The summed E-state index contributed by atoms with van der Waals surface area (Å²) < 4.78 is 2.23. The summed E-state index contributed by atoms with van der Waals surface area (Å²) in [6, 6.07) is 8.25. The zero-order chi connectivity index (χ0) is 15.5. The van der Waals surface area contributed by atoms with Crippen LogP contribution >= 0.6 is 0 Å². The summed E-state index contributed by atoms with van der Waals surface area (Å²) in [5.74, 6) is -0.252. The van der Waals surface area contributed by atoms with Gasteiger partial charge in [0.1, 0.15) is 0 Å². The van der Waals surface area contributed by atoms with Gasteiger partial charge in [-0.15, -0.1) is 0 Å². The number of hydrogen-bond donors (Lipinski definition) is 2. The lowest BCUT2D eigenvalue weighted by Crippen LogP contribution is -2.21. The third-order valence-corrected chi connectivity index (χ3v) is 4.82. The number of carbonyl (C=O) groups is 1. The van der Waals surface area contributed by atoms with Crippen molar-refractivity contribution in [2.24, 2.45) is 5.92 Å². The van der Waals surface area contributed by atoms with Crippen LogP contribution in [0.2, 0.25) is 0 Å². The van der Waals surface area contributed by atoms with Crippen LogP contribution < -0.4 is 5.32 Å². The first-order chi connectivity index (χ1) is 10.7. The number of carboxylic acids is 1. The average Bonchev–Trinajstić information content (AvgIpc) is 3.16. The quantitative estimate of drug-likeness (QED) is 0.855. The third kappa shape index (κ3) is 2.75. The molecule has 2 N–H and O–H groups in total. The van der Waals surface area contributed by atoms with Gasteiger partial charge in [-0.3, -0.25) is 0 Å². The van der Waals surface area contributed by atoms with Gasteiger partial charge in [0.2, 0.25) is 0 Å². The Morgan fingerprint density at radius 2 is 2.27 bits per heavy atom. The van der Waals surface area contributed by atoms with Crippen LogP contribution in [-0.4, -0.2) is 28.7 Å². The van der Waals surface area contributed by atoms with E-state index < -0.39 is 5.97 Å². The molecule has 22 heavy (non-hydrogen) atoms. The molecule has 0 spiro atoms. The smallest absolute Gasteiger partial charge is 0.337 e. The van der Waals surface area contributed by atoms with Gasteiger partial charge in [0.05, 0.1) is 5.56 Å². The molecule has 2 atom stereocenters. The van der Waals surface area contributed by atoms with Gasteiger partial charge >= 0.3 is 5.97 Å². The Bertz CT molecular complexity index is 656. The Morgan fingerprint density at radius 3 is 2.95 bits per heavy atom. The molecule has 2 unspecified atom stereocenters. The number of aromatic carboxylic acids is 1. The maximum atomic E-state index is 11.6. The molecule has 0 radical (unpaired) electrons. The van der Waals surface area contributed by atoms with Crippen molar-refractivity contribution < 1.29 is 9.90 Å². The fourth-order valence-corrected chi connectivity index (χ4v) is 3.67. The van der Waals surface area contributed by atoms with Crippen molar-refractivity contribution in [2.75, 3.05) is 13.1 Å². The lowest BCUT2D eigenvalue weighted by Gasteiger charge is -2.26. The lowest BCUT2D eigenvalue weighted by molar-refractivity contribution is 0.0698. The predicted octanol–water partition coefficient (Wildman–Crippen LogP) is 3.68. The molecule has 4 heteroatoms. The number of carboxylic acid groups (broad SMARTS) is 1. The van der Waals surface area contributed by atoms with Crippen molar-refractivity contribution in [2.45, 2.75) is 38.6 Å². The van der Waals surface area contributed by atoms with Gasteiger partial charge < -0.3 is 15.0 Å². The van der Waals surface area contributed by atoms with E-state index in [-0.39, 0.29) is 0 Å². The van der Waals surface area contributed by atoms with Crippen molar-refractivity contribution in [1.29, 1.82) is 0 Å². The monoisotopic (exact) mass is 300 g/mol. The molecular formula is C18H24N2O2. The molecule has 2 aromatic rings. The molecule has 1 fully saturated rings. The van der Waals surface area contributed by atoms with Crippen LogP contribution in [-0.2, 0) is 0 Å². The first kappa shape index (κ1) is 15.1. The molecule has 1 saturated heterocycles. The van der Waals surface area contributed by atoms with Gasteiger partial charge in [0, 0.05) is 23.1 Å². The number of aromatic nitrogens is 1. The normalized spacial score (nSPS) is 19.6. The molecule has 1 aromatic heterocycles. The first-order valence-electron chi connectivity index (χ1n) is 8.26. The number of rotatable bonds is 6. The molecule has 0 aliphatic carbocycles. The largest absolute Gasteiger partial charge is 0.478 e. The maximum Gasteiger partial charge on any atom is 0.337 e. The number of nitrogens with zero attached hydrogens (tertiary/aromatic N) is 1. The number of benzene rings is 1. The zero-order valence-electron chi connectivity index (χ0n) is 13.1. The number of unbranched alkanes of at least 4 members (excludes halogenated alkanes) is 1. The summed E-state index contributed by atoms with van der Waals surface area (Å²) in [5, 5.41) is 13.8. The summed E-state index contributed by atoms with van der Waals surface area (Å²) in [4.78, 5) is 11.6. The van der Waals surface area contributed by atoms with E-state index in [2.05, 4.69) is 16.8 Å². The third-order valence-electron chi connectivity index (χ3n) is 4.82. The summed E-state index contributed by atoms with van der Waals surface area (Å²) in [5.41, 5.74) is 1.47. The molecular weight excluding hydrogens is 276 g/mol. The van der Waals surface area contributed by atoms with Crippen LogP contribution in [0.5, 0.6) is 0 Å². The zero-order valence-corrected chi connectivity index (χ0v) is 13.1. The lowest BCUT2D eigenvalue weighted by atomic mass is 9.94. The highest BCUT2D eigenvalue weighted by Crippen LogP contribution is 2.34. The van der Waals surface area contributed by atoms with E-state index in [1.807, 2.05) is 30.5 Å². The molecule has 118 valence electrons. The molecule has 1 aliphatic rings. The highest BCUT2D eigenvalue weighted by atomic mass is 16.4. The molecule has 0 amide bonds. The second-order valence-electron chi connectivity index (χ2n) is 6.23. The minimum Gasteiger partial charge on any atom is -0.478 e. The Kier molecular flexibility index (Phi) is 4.48. The highest BCUT2D eigenvalue weighted by molar-refractivity contribution is 6.03. The minimum atomic E-state index is -0.839. The average molecular weight is 300 g/mol. The van der Waals surface area contributed by atoms with Gasteiger partial charge in [-0.2, -0.15) is 0 Å². The number of nitrogens with one attached hydrogen (secondary N) is 1. The summed E-state index contributed by atoms with van der Waals surface area (Å²) >= 11 is 0. The van der Waals surface area contributed by atoms with Crippen LogP contribution in [0.1, 0.15) is 49.0 Å². The van der Waals surface area contributed by atoms with E-state index in [0.29, 0.717) is 17.5 Å². The molecule has 2 heterocycles. The topological polar surface area (TPSA) is 54.3 Å². The summed E-state index contributed by atoms with van der Waals surface area (Å²) in [6.45, 7) is 4.31. The van der Waals surface area contributed by atoms with E-state index in [4.69, 9.17) is 0 Å². The highest BCUT2D eigenvalue weighted by Gasteiger charge is 2.28. The van der Waals surface area contributed by atoms with Crippen molar-refractivity contribution in [3.63, 3.8) is 0 Å². The van der Waals surface area contributed by atoms with E-state index in [9.17, 15) is 9.90 Å². The van der Waals surface area contributed by atoms with Crippen LogP contribution in [0.15, 0.2) is 30.5 Å². The summed E-state index contributed by atoms with van der Waals surface area (Å²) in [6.07, 6.45) is 6.48. The van der Waals surface area contributed by atoms with Crippen LogP contribution in [0.4, 0.5) is 0 Å². The SMILES string of the molecule is CCCCC(C1CCNC1)n1cc(C(=O)O)c2ccccc21. The molecule has 0 bridgehead atoms. The Morgan fingerprint density at radius 1 is 1.45 bits per heavy atom. The van der Waals surface area contributed by atoms with Crippen molar-refractivity contribution >= 4 is 16.9 Å². The Labute approximate surface area is 131 Å². The molecule has 1 aromatic carbocycles. The van der Waals surface area contributed by atoms with Crippen molar-refractivity contribution in [1.82, 2.24) is 9.88 Å². The standard InChI is InChI=1S/C18H24N2O2/c1-2-3-7-16(13-9-10-19-11-13)20-12-15(18(21)22)14-6-4-5-8-17(14)20/h4-6,8,12-13,16,19H,2-3,7,9-11H2,1H3,(H,21,22). The Balaban J connectivity index is 2.06.